The summed E-state index contributed by atoms with van der Waals surface area (Å²) in [5, 5.41) is 4.61. The second kappa shape index (κ2) is 5.94. The van der Waals surface area contributed by atoms with E-state index < -0.39 is 0 Å². The van der Waals surface area contributed by atoms with Gasteiger partial charge < -0.3 is 5.73 Å². The number of hydrogen-bond donors (Lipinski definition) is 1. The Morgan fingerprint density at radius 3 is 2.38 bits per heavy atom. The maximum absolute atomic E-state index is 5.75. The van der Waals surface area contributed by atoms with Gasteiger partial charge in [0.25, 0.3) is 0 Å². The summed E-state index contributed by atoms with van der Waals surface area (Å²) in [5.74, 6) is 0. The molecule has 0 saturated carbocycles. The van der Waals surface area contributed by atoms with Crippen LogP contribution in [0.25, 0.3) is 11.3 Å². The Balaban J connectivity index is 1.99. The average Bonchev–Trinajstić information content (AvgIpc) is 2.92. The van der Waals surface area contributed by atoms with Gasteiger partial charge in [-0.3, -0.25) is 4.68 Å². The summed E-state index contributed by atoms with van der Waals surface area (Å²) in [6.45, 7) is 3.31. The van der Waals surface area contributed by atoms with Crippen molar-refractivity contribution in [1.29, 1.82) is 0 Å². The molecule has 1 heterocycles. The first kappa shape index (κ1) is 13.6. The second-order valence-electron chi connectivity index (χ2n) is 5.23. The Hall–Kier alpha value is -2.39. The molecule has 2 aromatic carbocycles. The van der Waals surface area contributed by atoms with E-state index in [4.69, 9.17) is 5.73 Å². The topological polar surface area (TPSA) is 43.8 Å². The number of hydrogen-bond acceptors (Lipinski definition) is 2. The Morgan fingerprint density at radius 2 is 1.71 bits per heavy atom. The minimum Gasteiger partial charge on any atom is -0.325 e. The van der Waals surface area contributed by atoms with Gasteiger partial charge in [-0.05, 0) is 24.1 Å². The van der Waals surface area contributed by atoms with Crippen LogP contribution in [-0.2, 0) is 13.1 Å². The van der Waals surface area contributed by atoms with Crippen LogP contribution >= 0.6 is 0 Å². The molecule has 0 aliphatic carbocycles. The molecule has 0 spiro atoms. The molecule has 0 amide bonds. The minimum absolute atomic E-state index is 0.459. The summed E-state index contributed by atoms with van der Waals surface area (Å²) < 4.78 is 2.03. The van der Waals surface area contributed by atoms with Crippen LogP contribution in [0.3, 0.4) is 0 Å². The van der Waals surface area contributed by atoms with Crippen molar-refractivity contribution in [3.63, 3.8) is 0 Å². The maximum Gasteiger partial charge on any atom is 0.0767 e. The van der Waals surface area contributed by atoms with Crippen LogP contribution in [0.15, 0.2) is 60.7 Å². The average molecular weight is 277 g/mol. The van der Waals surface area contributed by atoms with Crippen molar-refractivity contribution in [3.8, 4) is 11.3 Å². The van der Waals surface area contributed by atoms with E-state index in [0.717, 1.165) is 17.9 Å². The summed E-state index contributed by atoms with van der Waals surface area (Å²) in [5.41, 5.74) is 11.4. The van der Waals surface area contributed by atoms with E-state index in [1.54, 1.807) is 0 Å². The number of benzene rings is 2. The molecule has 0 unspecified atom stereocenters. The molecule has 3 aromatic rings. The van der Waals surface area contributed by atoms with Gasteiger partial charge in [0.15, 0.2) is 0 Å². The molecule has 3 nitrogen and oxygen atoms in total. The second-order valence-corrected chi connectivity index (χ2v) is 5.23. The van der Waals surface area contributed by atoms with Gasteiger partial charge in [0.1, 0.15) is 0 Å². The van der Waals surface area contributed by atoms with Crippen LogP contribution in [0.4, 0.5) is 0 Å². The van der Waals surface area contributed by atoms with E-state index in [-0.39, 0.29) is 0 Å². The van der Waals surface area contributed by atoms with Crippen LogP contribution in [0, 0.1) is 6.92 Å². The van der Waals surface area contributed by atoms with Gasteiger partial charge in [0.05, 0.1) is 17.9 Å². The summed E-state index contributed by atoms with van der Waals surface area (Å²) in [6, 6.07) is 20.9. The summed E-state index contributed by atoms with van der Waals surface area (Å²) in [4.78, 5) is 0. The van der Waals surface area contributed by atoms with Crippen LogP contribution < -0.4 is 5.73 Å². The van der Waals surface area contributed by atoms with Crippen LogP contribution in [-0.4, -0.2) is 9.78 Å². The lowest BCUT2D eigenvalue weighted by atomic mass is 10.1. The smallest absolute Gasteiger partial charge is 0.0767 e. The lowest BCUT2D eigenvalue weighted by Gasteiger charge is -2.08. The molecular formula is C18H19N3. The highest BCUT2D eigenvalue weighted by molar-refractivity contribution is 5.60. The normalized spacial score (nSPS) is 10.8. The minimum atomic E-state index is 0.459. The fourth-order valence-electron chi connectivity index (χ4n) is 2.40. The molecule has 3 heteroatoms. The third kappa shape index (κ3) is 3.03. The van der Waals surface area contributed by atoms with Gasteiger partial charge in [-0.15, -0.1) is 0 Å². The molecule has 2 N–H and O–H groups in total. The SMILES string of the molecule is Cc1ccc(-c2cc(CN)nn2Cc2ccccc2)cc1. The van der Waals surface area contributed by atoms with Crippen LogP contribution in [0.5, 0.6) is 0 Å². The van der Waals surface area contributed by atoms with E-state index in [0.29, 0.717) is 6.54 Å². The molecule has 21 heavy (non-hydrogen) atoms. The molecule has 3 rings (SSSR count). The molecule has 0 saturated heterocycles. The zero-order valence-electron chi connectivity index (χ0n) is 12.2. The lowest BCUT2D eigenvalue weighted by Crippen LogP contribution is -2.05. The highest BCUT2D eigenvalue weighted by Gasteiger charge is 2.09. The molecular weight excluding hydrogens is 258 g/mol. The van der Waals surface area contributed by atoms with Gasteiger partial charge in [0, 0.05) is 6.54 Å². The maximum atomic E-state index is 5.75. The van der Waals surface area contributed by atoms with Crippen molar-refractivity contribution < 1.29 is 0 Å². The molecule has 106 valence electrons. The highest BCUT2D eigenvalue weighted by atomic mass is 15.3. The van der Waals surface area contributed by atoms with Crippen LogP contribution in [0.2, 0.25) is 0 Å². The zero-order valence-corrected chi connectivity index (χ0v) is 12.2. The number of aryl methyl sites for hydroxylation is 1. The van der Waals surface area contributed by atoms with E-state index in [2.05, 4.69) is 54.5 Å². The van der Waals surface area contributed by atoms with E-state index >= 15 is 0 Å². The first-order chi connectivity index (χ1) is 10.3. The quantitative estimate of drug-likeness (QED) is 0.794. The third-order valence-electron chi connectivity index (χ3n) is 3.56. The molecule has 0 radical (unpaired) electrons. The fraction of sp³-hybridized carbons (Fsp3) is 0.167. The van der Waals surface area contributed by atoms with Crippen molar-refractivity contribution in [3.05, 3.63) is 77.5 Å². The number of aromatic nitrogens is 2. The van der Waals surface area contributed by atoms with E-state index in [1.807, 2.05) is 22.9 Å². The number of nitrogens with zero attached hydrogens (tertiary/aromatic N) is 2. The molecule has 0 atom stereocenters. The van der Waals surface area contributed by atoms with Gasteiger partial charge in [-0.1, -0.05) is 60.2 Å². The van der Waals surface area contributed by atoms with Crippen molar-refractivity contribution in [2.45, 2.75) is 20.0 Å². The predicted molar refractivity (Wildman–Crippen MR) is 85.8 cm³/mol. The standard InChI is InChI=1S/C18H19N3/c1-14-7-9-16(10-8-14)18-11-17(12-19)20-21(18)13-15-5-3-2-4-6-15/h2-11H,12-13,19H2,1H3. The Labute approximate surface area is 125 Å². The molecule has 0 aliphatic rings. The summed E-state index contributed by atoms with van der Waals surface area (Å²) in [7, 11) is 0. The number of nitrogens with two attached hydrogens (primary N) is 1. The predicted octanol–water partition coefficient (Wildman–Crippen LogP) is 3.37. The largest absolute Gasteiger partial charge is 0.325 e. The Morgan fingerprint density at radius 1 is 1.00 bits per heavy atom. The van der Waals surface area contributed by atoms with Gasteiger partial charge in [-0.2, -0.15) is 5.10 Å². The molecule has 1 aromatic heterocycles. The molecule has 0 bridgehead atoms. The summed E-state index contributed by atoms with van der Waals surface area (Å²) in [6.07, 6.45) is 0. The van der Waals surface area contributed by atoms with Gasteiger partial charge in [0.2, 0.25) is 0 Å². The van der Waals surface area contributed by atoms with Crippen molar-refractivity contribution in [2.75, 3.05) is 0 Å². The zero-order chi connectivity index (χ0) is 14.7. The van der Waals surface area contributed by atoms with Crippen molar-refractivity contribution in [2.24, 2.45) is 5.73 Å². The van der Waals surface area contributed by atoms with E-state index in [9.17, 15) is 0 Å². The molecule has 0 aliphatic heterocycles. The van der Waals surface area contributed by atoms with Crippen molar-refractivity contribution >= 4 is 0 Å². The van der Waals surface area contributed by atoms with Crippen LogP contribution in [0.1, 0.15) is 16.8 Å². The van der Waals surface area contributed by atoms with E-state index in [1.165, 1.54) is 16.7 Å². The Kier molecular flexibility index (Phi) is 3.84. The van der Waals surface area contributed by atoms with Gasteiger partial charge in [-0.25, -0.2) is 0 Å². The highest BCUT2D eigenvalue weighted by Crippen LogP contribution is 2.22. The summed E-state index contributed by atoms with van der Waals surface area (Å²) >= 11 is 0. The lowest BCUT2D eigenvalue weighted by molar-refractivity contribution is 0.678. The fourth-order valence-corrected chi connectivity index (χ4v) is 2.40. The first-order valence-electron chi connectivity index (χ1n) is 7.14. The molecule has 0 fully saturated rings. The first-order valence-corrected chi connectivity index (χ1v) is 7.14. The van der Waals surface area contributed by atoms with Crippen molar-refractivity contribution in [1.82, 2.24) is 9.78 Å². The third-order valence-corrected chi connectivity index (χ3v) is 3.56. The monoisotopic (exact) mass is 277 g/mol. The van der Waals surface area contributed by atoms with Gasteiger partial charge >= 0.3 is 0 Å². The Bertz CT molecular complexity index is 712. The number of rotatable bonds is 4.